The fourth-order valence-electron chi connectivity index (χ4n) is 2.77. The molecule has 0 saturated carbocycles. The molecule has 0 radical (unpaired) electrons. The van der Waals surface area contributed by atoms with Gasteiger partial charge in [0.1, 0.15) is 5.69 Å². The molecule has 6 heteroatoms. The number of esters is 1. The second kappa shape index (κ2) is 7.77. The summed E-state index contributed by atoms with van der Waals surface area (Å²) < 4.78 is 5.03. The van der Waals surface area contributed by atoms with E-state index < -0.39 is 5.97 Å². The summed E-state index contributed by atoms with van der Waals surface area (Å²) in [5, 5.41) is 2.06. The lowest BCUT2D eigenvalue weighted by atomic mass is 10.1. The van der Waals surface area contributed by atoms with E-state index in [2.05, 4.69) is 23.4 Å². The molecule has 2 aromatic rings. The lowest BCUT2D eigenvalue weighted by Gasteiger charge is -2.15. The largest absolute Gasteiger partial charge is 0.461 e. The van der Waals surface area contributed by atoms with Gasteiger partial charge >= 0.3 is 5.97 Å². The molecule has 0 atom stereocenters. The Labute approximate surface area is 146 Å². The molecular formula is C18H24N2O3S. The average Bonchev–Trinajstić information content (AvgIpc) is 3.02. The normalized spacial score (nSPS) is 11.1. The minimum absolute atomic E-state index is 0.00788. The molecule has 0 bridgehead atoms. The van der Waals surface area contributed by atoms with E-state index in [0.29, 0.717) is 35.7 Å². The van der Waals surface area contributed by atoms with Gasteiger partial charge in [-0.05, 0) is 57.3 Å². The Kier molecular flexibility index (Phi) is 5.96. The first kappa shape index (κ1) is 18.4. The fourth-order valence-corrected chi connectivity index (χ4v) is 3.75. The predicted octanol–water partition coefficient (Wildman–Crippen LogP) is 3.49. The molecular weight excluding hydrogens is 324 g/mol. The van der Waals surface area contributed by atoms with Crippen molar-refractivity contribution in [2.75, 3.05) is 20.2 Å². The van der Waals surface area contributed by atoms with E-state index in [1.54, 1.807) is 25.2 Å². The number of carbonyl (C=O) groups excluding carboxylic acids is 2. The number of nitrogens with one attached hydrogen (secondary N) is 1. The van der Waals surface area contributed by atoms with Crippen molar-refractivity contribution in [3.8, 4) is 0 Å². The molecule has 1 N–H and O–H groups in total. The van der Waals surface area contributed by atoms with Gasteiger partial charge in [-0.25, -0.2) is 4.79 Å². The van der Waals surface area contributed by atoms with Crippen LogP contribution in [0.3, 0.4) is 0 Å². The van der Waals surface area contributed by atoms with Crippen LogP contribution in [-0.4, -0.2) is 41.8 Å². The van der Waals surface area contributed by atoms with Crippen LogP contribution >= 0.6 is 11.3 Å². The van der Waals surface area contributed by atoms with Crippen molar-refractivity contribution in [2.45, 2.75) is 34.2 Å². The van der Waals surface area contributed by atoms with Crippen LogP contribution in [0, 0.1) is 20.8 Å². The van der Waals surface area contributed by atoms with Crippen LogP contribution in [0.15, 0.2) is 11.4 Å². The van der Waals surface area contributed by atoms with E-state index in [1.807, 2.05) is 18.9 Å². The number of ketones is 1. The summed E-state index contributed by atoms with van der Waals surface area (Å²) in [6, 6.07) is 2.09. The average molecular weight is 348 g/mol. The van der Waals surface area contributed by atoms with E-state index in [1.165, 1.54) is 10.4 Å². The number of Topliss-reactive ketones (excluding diaryl/α,β-unsaturated/α-hetero) is 1. The van der Waals surface area contributed by atoms with Crippen molar-refractivity contribution in [2.24, 2.45) is 0 Å². The molecule has 0 fully saturated rings. The van der Waals surface area contributed by atoms with Crippen molar-refractivity contribution in [1.29, 1.82) is 0 Å². The summed E-state index contributed by atoms with van der Waals surface area (Å²) in [5.41, 5.74) is 3.58. The van der Waals surface area contributed by atoms with Crippen LogP contribution < -0.4 is 0 Å². The number of ether oxygens (including phenoxy) is 1. The zero-order valence-electron chi connectivity index (χ0n) is 14.9. The van der Waals surface area contributed by atoms with Crippen LogP contribution in [0.25, 0.3) is 0 Å². The lowest BCUT2D eigenvalue weighted by molar-refractivity contribution is 0.0519. The highest BCUT2D eigenvalue weighted by atomic mass is 32.1. The standard InChI is InChI=1S/C18H24N2O3S/c1-6-23-18(22)17-12(3)16(13(4)19-17)14(21)9-20(5)10-15-11(2)7-8-24-15/h7-8,19H,6,9-10H2,1-5H3. The second-order valence-corrected chi connectivity index (χ2v) is 6.97. The maximum absolute atomic E-state index is 12.7. The Hall–Kier alpha value is -1.92. The van der Waals surface area contributed by atoms with Crippen molar-refractivity contribution < 1.29 is 14.3 Å². The lowest BCUT2D eigenvalue weighted by Crippen LogP contribution is -2.26. The molecule has 0 aliphatic rings. The Morgan fingerprint density at radius 3 is 2.58 bits per heavy atom. The zero-order valence-corrected chi connectivity index (χ0v) is 15.7. The van der Waals surface area contributed by atoms with Crippen molar-refractivity contribution in [3.05, 3.63) is 44.4 Å². The molecule has 0 unspecified atom stereocenters. The number of aromatic nitrogens is 1. The Morgan fingerprint density at radius 1 is 1.29 bits per heavy atom. The summed E-state index contributed by atoms with van der Waals surface area (Å²) >= 11 is 1.70. The van der Waals surface area contributed by atoms with E-state index in [4.69, 9.17) is 4.74 Å². The number of thiophene rings is 1. The van der Waals surface area contributed by atoms with Gasteiger partial charge in [0.15, 0.2) is 5.78 Å². The molecule has 2 heterocycles. The van der Waals surface area contributed by atoms with Gasteiger partial charge in [-0.15, -0.1) is 11.3 Å². The maximum atomic E-state index is 12.7. The molecule has 0 aliphatic heterocycles. The van der Waals surface area contributed by atoms with Gasteiger partial charge in [-0.2, -0.15) is 0 Å². The van der Waals surface area contributed by atoms with Gasteiger partial charge in [-0.3, -0.25) is 9.69 Å². The zero-order chi connectivity index (χ0) is 17.9. The van der Waals surface area contributed by atoms with Crippen molar-refractivity contribution in [3.63, 3.8) is 0 Å². The number of nitrogens with zero attached hydrogens (tertiary/aromatic N) is 1. The third-order valence-electron chi connectivity index (χ3n) is 3.99. The topological polar surface area (TPSA) is 62.4 Å². The molecule has 0 amide bonds. The number of H-pyrrole nitrogens is 1. The third-order valence-corrected chi connectivity index (χ3v) is 5.00. The Bertz CT molecular complexity index is 746. The molecule has 0 spiro atoms. The number of rotatable bonds is 7. The van der Waals surface area contributed by atoms with E-state index in [-0.39, 0.29) is 5.78 Å². The van der Waals surface area contributed by atoms with Gasteiger partial charge in [-0.1, -0.05) is 0 Å². The molecule has 0 aromatic carbocycles. The summed E-state index contributed by atoms with van der Waals surface area (Å²) in [6.45, 7) is 8.78. The summed E-state index contributed by atoms with van der Waals surface area (Å²) in [4.78, 5) is 30.9. The van der Waals surface area contributed by atoms with Crippen molar-refractivity contribution in [1.82, 2.24) is 9.88 Å². The van der Waals surface area contributed by atoms with Crippen molar-refractivity contribution >= 4 is 23.1 Å². The van der Waals surface area contributed by atoms with E-state index >= 15 is 0 Å². The number of aryl methyl sites for hydroxylation is 2. The molecule has 5 nitrogen and oxygen atoms in total. The second-order valence-electron chi connectivity index (χ2n) is 5.97. The molecule has 130 valence electrons. The first-order chi connectivity index (χ1) is 11.3. The summed E-state index contributed by atoms with van der Waals surface area (Å²) in [7, 11) is 1.93. The number of hydrogen-bond donors (Lipinski definition) is 1. The highest BCUT2D eigenvalue weighted by Gasteiger charge is 2.23. The van der Waals surface area contributed by atoms with Gasteiger partial charge in [0.05, 0.1) is 13.2 Å². The van der Waals surface area contributed by atoms with Crippen LogP contribution in [0.5, 0.6) is 0 Å². The first-order valence-corrected chi connectivity index (χ1v) is 8.84. The fraction of sp³-hybridized carbons (Fsp3) is 0.444. The van der Waals surface area contributed by atoms with Gasteiger partial charge < -0.3 is 9.72 Å². The molecule has 0 aliphatic carbocycles. The number of likely N-dealkylation sites (N-methyl/N-ethyl adjacent to an activating group) is 1. The molecule has 2 rings (SSSR count). The molecule has 24 heavy (non-hydrogen) atoms. The summed E-state index contributed by atoms with van der Waals surface area (Å²) in [6.07, 6.45) is 0. The summed E-state index contributed by atoms with van der Waals surface area (Å²) in [5.74, 6) is -0.409. The third kappa shape index (κ3) is 3.94. The maximum Gasteiger partial charge on any atom is 0.355 e. The van der Waals surface area contributed by atoms with Gasteiger partial charge in [0, 0.05) is 22.7 Å². The monoisotopic (exact) mass is 348 g/mol. The quantitative estimate of drug-likeness (QED) is 0.614. The molecule has 0 saturated heterocycles. The van der Waals surface area contributed by atoms with E-state index in [9.17, 15) is 9.59 Å². The predicted molar refractivity (Wildman–Crippen MR) is 95.9 cm³/mol. The highest BCUT2D eigenvalue weighted by molar-refractivity contribution is 7.10. The van der Waals surface area contributed by atoms with Crippen LogP contribution in [0.2, 0.25) is 0 Å². The minimum Gasteiger partial charge on any atom is -0.461 e. The smallest absolute Gasteiger partial charge is 0.355 e. The van der Waals surface area contributed by atoms with E-state index in [0.717, 1.165) is 6.54 Å². The minimum atomic E-state index is -0.417. The number of hydrogen-bond acceptors (Lipinski definition) is 5. The Morgan fingerprint density at radius 2 is 2.00 bits per heavy atom. The van der Waals surface area contributed by atoms with Crippen LogP contribution in [0.1, 0.15) is 49.5 Å². The SMILES string of the molecule is CCOC(=O)c1[nH]c(C)c(C(=O)CN(C)Cc2sccc2C)c1C. The van der Waals surface area contributed by atoms with Gasteiger partial charge in [0.2, 0.25) is 0 Å². The van der Waals surface area contributed by atoms with Crippen LogP contribution in [0.4, 0.5) is 0 Å². The van der Waals surface area contributed by atoms with Crippen LogP contribution in [-0.2, 0) is 11.3 Å². The number of carbonyl (C=O) groups is 2. The number of aromatic amines is 1. The Balaban J connectivity index is 2.12. The van der Waals surface area contributed by atoms with Gasteiger partial charge in [0.25, 0.3) is 0 Å². The molecule has 2 aromatic heterocycles. The first-order valence-electron chi connectivity index (χ1n) is 7.96. The highest BCUT2D eigenvalue weighted by Crippen LogP contribution is 2.21.